The van der Waals surface area contributed by atoms with Crippen LogP contribution in [0.2, 0.25) is 0 Å². The Balaban J connectivity index is 2.05. The Labute approximate surface area is 91.0 Å². The second-order valence-corrected chi connectivity index (χ2v) is 3.93. The Kier molecular flexibility index (Phi) is 5.79. The molecular weight excluding hydrogens is 190 g/mol. The molecule has 0 unspecified atom stereocenters. The van der Waals surface area contributed by atoms with E-state index in [0.717, 1.165) is 38.8 Å². The van der Waals surface area contributed by atoms with Crippen molar-refractivity contribution in [1.82, 2.24) is 10.6 Å². The summed E-state index contributed by atoms with van der Waals surface area (Å²) < 4.78 is 0. The van der Waals surface area contributed by atoms with Gasteiger partial charge in [0.05, 0.1) is 6.07 Å². The molecule has 0 radical (unpaired) electrons. The van der Waals surface area contributed by atoms with E-state index in [9.17, 15) is 4.79 Å². The van der Waals surface area contributed by atoms with Crippen molar-refractivity contribution in [1.29, 1.82) is 5.26 Å². The van der Waals surface area contributed by atoms with Gasteiger partial charge < -0.3 is 10.6 Å². The summed E-state index contributed by atoms with van der Waals surface area (Å²) in [4.78, 5) is 11.6. The van der Waals surface area contributed by atoms with E-state index >= 15 is 0 Å². The van der Waals surface area contributed by atoms with Crippen molar-refractivity contribution in [2.75, 3.05) is 19.6 Å². The van der Waals surface area contributed by atoms with Gasteiger partial charge in [0.15, 0.2) is 0 Å². The first kappa shape index (κ1) is 12.0. The fraction of sp³-hybridized carbons (Fsp3) is 0.818. The highest BCUT2D eigenvalue weighted by Crippen LogP contribution is 2.11. The number of carbonyl (C=O) groups excluding carboxylic acids is 1. The van der Waals surface area contributed by atoms with Crippen LogP contribution in [0.1, 0.15) is 32.1 Å². The number of amides is 1. The molecule has 0 aromatic rings. The number of carbonyl (C=O) groups is 1. The Morgan fingerprint density at radius 3 is 2.80 bits per heavy atom. The second-order valence-electron chi connectivity index (χ2n) is 3.93. The molecule has 0 aromatic heterocycles. The number of hydrogen-bond acceptors (Lipinski definition) is 3. The highest BCUT2D eigenvalue weighted by Gasteiger charge is 2.19. The minimum absolute atomic E-state index is 0.188. The molecule has 4 heteroatoms. The highest BCUT2D eigenvalue weighted by molar-refractivity contribution is 5.78. The lowest BCUT2D eigenvalue weighted by Gasteiger charge is -2.21. The van der Waals surface area contributed by atoms with Gasteiger partial charge in [-0.3, -0.25) is 4.79 Å². The Morgan fingerprint density at radius 2 is 2.13 bits per heavy atom. The van der Waals surface area contributed by atoms with Crippen LogP contribution in [-0.2, 0) is 4.79 Å². The van der Waals surface area contributed by atoms with Gasteiger partial charge in [0.1, 0.15) is 0 Å². The molecule has 0 aliphatic carbocycles. The predicted octanol–water partition coefficient (Wildman–Crippen LogP) is 0.796. The Morgan fingerprint density at radius 1 is 1.40 bits per heavy atom. The van der Waals surface area contributed by atoms with Gasteiger partial charge in [-0.2, -0.15) is 5.26 Å². The molecule has 15 heavy (non-hydrogen) atoms. The lowest BCUT2D eigenvalue weighted by molar-refractivity contribution is -0.125. The van der Waals surface area contributed by atoms with Gasteiger partial charge in [0.25, 0.3) is 0 Å². The maximum Gasteiger partial charge on any atom is 0.223 e. The minimum atomic E-state index is 0.188. The number of rotatable bonds is 5. The van der Waals surface area contributed by atoms with Gasteiger partial charge >= 0.3 is 0 Å². The van der Waals surface area contributed by atoms with Crippen LogP contribution in [-0.4, -0.2) is 25.5 Å². The molecule has 0 bridgehead atoms. The third kappa shape index (κ3) is 4.80. The summed E-state index contributed by atoms with van der Waals surface area (Å²) in [5.41, 5.74) is 0. The van der Waals surface area contributed by atoms with Gasteiger partial charge in [-0.1, -0.05) is 0 Å². The van der Waals surface area contributed by atoms with Gasteiger partial charge in [0, 0.05) is 18.9 Å². The molecule has 1 rings (SSSR count). The fourth-order valence-corrected chi connectivity index (χ4v) is 1.77. The van der Waals surface area contributed by atoms with Crippen LogP contribution in [0.4, 0.5) is 0 Å². The van der Waals surface area contributed by atoms with Crippen LogP contribution < -0.4 is 10.6 Å². The zero-order valence-corrected chi connectivity index (χ0v) is 9.09. The Bertz CT molecular complexity index is 228. The molecule has 1 saturated heterocycles. The fourth-order valence-electron chi connectivity index (χ4n) is 1.77. The minimum Gasteiger partial charge on any atom is -0.356 e. The smallest absolute Gasteiger partial charge is 0.223 e. The van der Waals surface area contributed by atoms with Crippen LogP contribution in [0.25, 0.3) is 0 Å². The molecule has 0 aromatic carbocycles. The largest absolute Gasteiger partial charge is 0.356 e. The van der Waals surface area contributed by atoms with E-state index in [2.05, 4.69) is 16.7 Å². The van der Waals surface area contributed by atoms with Crippen LogP contribution in [0, 0.1) is 17.2 Å². The molecule has 2 N–H and O–H groups in total. The van der Waals surface area contributed by atoms with Crippen LogP contribution in [0.5, 0.6) is 0 Å². The predicted molar refractivity (Wildman–Crippen MR) is 58.1 cm³/mol. The first-order chi connectivity index (χ1) is 7.34. The SMILES string of the molecule is N#CCCCCNC(=O)C1CCNCC1. The average molecular weight is 209 g/mol. The summed E-state index contributed by atoms with van der Waals surface area (Å²) in [5.74, 6) is 0.385. The van der Waals surface area contributed by atoms with Crippen LogP contribution in [0.15, 0.2) is 0 Å². The van der Waals surface area contributed by atoms with Crippen molar-refractivity contribution in [2.45, 2.75) is 32.1 Å². The molecule has 4 nitrogen and oxygen atoms in total. The third-order valence-corrected chi connectivity index (χ3v) is 2.72. The van der Waals surface area contributed by atoms with Crippen molar-refractivity contribution in [3.63, 3.8) is 0 Å². The molecule has 1 heterocycles. The molecule has 1 amide bonds. The molecule has 0 spiro atoms. The van der Waals surface area contributed by atoms with E-state index in [0.29, 0.717) is 13.0 Å². The molecule has 0 saturated carbocycles. The monoisotopic (exact) mass is 209 g/mol. The van der Waals surface area contributed by atoms with E-state index in [1.54, 1.807) is 0 Å². The summed E-state index contributed by atoms with van der Waals surface area (Å²) >= 11 is 0. The standard InChI is InChI=1S/C11H19N3O/c12-6-2-1-3-7-14-11(15)10-4-8-13-9-5-10/h10,13H,1-5,7-9H2,(H,14,15). The number of hydrogen-bond donors (Lipinski definition) is 2. The van der Waals surface area contributed by atoms with Crippen LogP contribution >= 0.6 is 0 Å². The van der Waals surface area contributed by atoms with E-state index in [1.807, 2.05) is 0 Å². The number of unbranched alkanes of at least 4 members (excludes halogenated alkanes) is 2. The number of piperidine rings is 1. The summed E-state index contributed by atoms with van der Waals surface area (Å²) in [5, 5.41) is 14.5. The van der Waals surface area contributed by atoms with E-state index < -0.39 is 0 Å². The third-order valence-electron chi connectivity index (χ3n) is 2.72. The molecular formula is C11H19N3O. The van der Waals surface area contributed by atoms with E-state index in [-0.39, 0.29) is 11.8 Å². The van der Waals surface area contributed by atoms with Gasteiger partial charge in [-0.05, 0) is 38.8 Å². The normalized spacial score (nSPS) is 17.0. The van der Waals surface area contributed by atoms with Crippen molar-refractivity contribution in [2.24, 2.45) is 5.92 Å². The second kappa shape index (κ2) is 7.24. The number of nitrogens with zero attached hydrogens (tertiary/aromatic N) is 1. The average Bonchev–Trinajstić information content (AvgIpc) is 2.30. The maximum absolute atomic E-state index is 11.6. The van der Waals surface area contributed by atoms with Crippen molar-refractivity contribution in [3.05, 3.63) is 0 Å². The first-order valence-corrected chi connectivity index (χ1v) is 5.70. The lowest BCUT2D eigenvalue weighted by atomic mass is 9.97. The van der Waals surface area contributed by atoms with Gasteiger partial charge in [-0.15, -0.1) is 0 Å². The number of nitrogens with one attached hydrogen (secondary N) is 2. The van der Waals surface area contributed by atoms with Crippen molar-refractivity contribution in [3.8, 4) is 6.07 Å². The molecule has 1 aliphatic rings. The quantitative estimate of drug-likeness (QED) is 0.658. The van der Waals surface area contributed by atoms with Crippen molar-refractivity contribution < 1.29 is 4.79 Å². The molecule has 0 atom stereocenters. The van der Waals surface area contributed by atoms with Crippen molar-refractivity contribution >= 4 is 5.91 Å². The Hall–Kier alpha value is -1.08. The van der Waals surface area contributed by atoms with E-state index in [1.165, 1.54) is 0 Å². The highest BCUT2D eigenvalue weighted by atomic mass is 16.1. The maximum atomic E-state index is 11.6. The zero-order valence-electron chi connectivity index (χ0n) is 9.09. The lowest BCUT2D eigenvalue weighted by Crippen LogP contribution is -2.38. The molecule has 1 fully saturated rings. The summed E-state index contributed by atoms with van der Waals surface area (Å²) in [6, 6.07) is 2.10. The topological polar surface area (TPSA) is 64.9 Å². The van der Waals surface area contributed by atoms with Gasteiger partial charge in [-0.25, -0.2) is 0 Å². The number of nitriles is 1. The molecule has 1 aliphatic heterocycles. The molecule has 84 valence electrons. The summed E-state index contributed by atoms with van der Waals surface area (Å²) in [6.07, 6.45) is 4.27. The van der Waals surface area contributed by atoms with Crippen LogP contribution in [0.3, 0.4) is 0 Å². The van der Waals surface area contributed by atoms with Gasteiger partial charge in [0.2, 0.25) is 5.91 Å². The van der Waals surface area contributed by atoms with E-state index in [4.69, 9.17) is 5.26 Å². The summed E-state index contributed by atoms with van der Waals surface area (Å²) in [6.45, 7) is 2.61. The zero-order chi connectivity index (χ0) is 10.9. The summed E-state index contributed by atoms with van der Waals surface area (Å²) in [7, 11) is 0. The first-order valence-electron chi connectivity index (χ1n) is 5.70.